The quantitative estimate of drug-likeness (QED) is 0.892. The van der Waals surface area contributed by atoms with Crippen molar-refractivity contribution in [1.29, 1.82) is 0 Å². The Hall–Kier alpha value is -2.30. The molecule has 0 aliphatic heterocycles. The smallest absolute Gasteiger partial charge is 0.335 e. The van der Waals surface area contributed by atoms with Gasteiger partial charge >= 0.3 is 5.97 Å². The highest BCUT2D eigenvalue weighted by atomic mass is 16.4. The summed E-state index contributed by atoms with van der Waals surface area (Å²) in [5, 5.41) is 12.3. The highest BCUT2D eigenvalue weighted by Crippen LogP contribution is 2.24. The first kappa shape index (κ1) is 14.1. The second-order valence-electron chi connectivity index (χ2n) is 4.92. The lowest BCUT2D eigenvalue weighted by atomic mass is 10.1. The minimum Gasteiger partial charge on any atom is -0.478 e. The predicted octanol–water partition coefficient (Wildman–Crippen LogP) is 3.47. The van der Waals surface area contributed by atoms with Crippen LogP contribution in [0.5, 0.6) is 0 Å². The standard InChI is InChI=1S/C15H18N2O3/c1-8-5-12(15(18)19)7-14(16-8)17-10(3)13-6-9(2)20-11(13)4/h5-7,10H,1-4H3,(H,16,17)(H,18,19). The zero-order chi connectivity index (χ0) is 14.9. The number of hydrogen-bond acceptors (Lipinski definition) is 4. The second kappa shape index (κ2) is 5.36. The van der Waals surface area contributed by atoms with Crippen LogP contribution in [0.15, 0.2) is 22.6 Å². The molecule has 2 rings (SSSR count). The van der Waals surface area contributed by atoms with Gasteiger partial charge in [0.15, 0.2) is 0 Å². The molecule has 20 heavy (non-hydrogen) atoms. The third-order valence-electron chi connectivity index (χ3n) is 3.11. The number of pyridine rings is 1. The molecule has 1 unspecified atom stereocenters. The molecule has 2 aromatic heterocycles. The third kappa shape index (κ3) is 2.99. The van der Waals surface area contributed by atoms with Crippen molar-refractivity contribution in [2.45, 2.75) is 33.7 Å². The molecule has 0 bridgehead atoms. The number of aryl methyl sites for hydroxylation is 3. The van der Waals surface area contributed by atoms with E-state index >= 15 is 0 Å². The van der Waals surface area contributed by atoms with Crippen molar-refractivity contribution in [3.05, 3.63) is 46.5 Å². The van der Waals surface area contributed by atoms with Crippen LogP contribution in [0.4, 0.5) is 5.82 Å². The van der Waals surface area contributed by atoms with E-state index < -0.39 is 5.97 Å². The van der Waals surface area contributed by atoms with Crippen molar-refractivity contribution in [3.8, 4) is 0 Å². The number of carboxylic acid groups (broad SMARTS) is 1. The molecule has 106 valence electrons. The molecule has 0 saturated heterocycles. The highest BCUT2D eigenvalue weighted by molar-refractivity contribution is 5.88. The summed E-state index contributed by atoms with van der Waals surface area (Å²) in [6.45, 7) is 7.57. The van der Waals surface area contributed by atoms with Crippen LogP contribution < -0.4 is 5.32 Å². The predicted molar refractivity (Wildman–Crippen MR) is 76.2 cm³/mol. The molecule has 2 aromatic rings. The number of rotatable bonds is 4. The first-order valence-corrected chi connectivity index (χ1v) is 6.42. The fraction of sp³-hybridized carbons (Fsp3) is 0.333. The van der Waals surface area contributed by atoms with Crippen LogP contribution in [0.2, 0.25) is 0 Å². The Balaban J connectivity index is 2.25. The van der Waals surface area contributed by atoms with Crippen LogP contribution in [-0.4, -0.2) is 16.1 Å². The van der Waals surface area contributed by atoms with Crippen LogP contribution in [-0.2, 0) is 0 Å². The van der Waals surface area contributed by atoms with E-state index in [4.69, 9.17) is 9.52 Å². The number of furan rings is 1. The summed E-state index contributed by atoms with van der Waals surface area (Å²) in [5.41, 5.74) is 1.94. The molecule has 2 N–H and O–H groups in total. The SMILES string of the molecule is Cc1cc(C(=O)O)cc(NC(C)c2cc(C)oc2C)n1. The normalized spacial score (nSPS) is 12.2. The van der Waals surface area contributed by atoms with E-state index in [0.717, 1.165) is 17.1 Å². The number of carboxylic acids is 1. The van der Waals surface area contributed by atoms with Gasteiger partial charge in [-0.3, -0.25) is 0 Å². The van der Waals surface area contributed by atoms with Gasteiger partial charge in [0.2, 0.25) is 0 Å². The van der Waals surface area contributed by atoms with Gasteiger partial charge in [-0.05, 0) is 45.9 Å². The molecule has 5 heteroatoms. The van der Waals surface area contributed by atoms with E-state index in [0.29, 0.717) is 11.5 Å². The molecule has 0 aromatic carbocycles. The highest BCUT2D eigenvalue weighted by Gasteiger charge is 2.14. The van der Waals surface area contributed by atoms with Crippen molar-refractivity contribution in [1.82, 2.24) is 4.98 Å². The second-order valence-corrected chi connectivity index (χ2v) is 4.92. The fourth-order valence-corrected chi connectivity index (χ4v) is 2.25. The Labute approximate surface area is 117 Å². The molecule has 5 nitrogen and oxygen atoms in total. The van der Waals surface area contributed by atoms with Crippen molar-refractivity contribution in [2.24, 2.45) is 0 Å². The van der Waals surface area contributed by atoms with Gasteiger partial charge in [-0.1, -0.05) is 0 Å². The first-order chi connectivity index (χ1) is 9.36. The Bertz CT molecular complexity index is 647. The molecule has 2 heterocycles. The maximum absolute atomic E-state index is 11.0. The molecular weight excluding hydrogens is 256 g/mol. The molecule has 0 radical (unpaired) electrons. The summed E-state index contributed by atoms with van der Waals surface area (Å²) in [6.07, 6.45) is 0. The maximum atomic E-state index is 11.0. The summed E-state index contributed by atoms with van der Waals surface area (Å²) in [5.74, 6) is 1.30. The topological polar surface area (TPSA) is 75.4 Å². The van der Waals surface area contributed by atoms with Crippen molar-refractivity contribution >= 4 is 11.8 Å². The monoisotopic (exact) mass is 274 g/mol. The molecular formula is C15H18N2O3. The van der Waals surface area contributed by atoms with Crippen LogP contribution >= 0.6 is 0 Å². The van der Waals surface area contributed by atoms with Gasteiger partial charge < -0.3 is 14.8 Å². The van der Waals surface area contributed by atoms with Crippen LogP contribution in [0.3, 0.4) is 0 Å². The van der Waals surface area contributed by atoms with E-state index in [2.05, 4.69) is 10.3 Å². The molecule has 1 atom stereocenters. The van der Waals surface area contributed by atoms with E-state index in [9.17, 15) is 4.79 Å². The molecule has 0 aliphatic rings. The van der Waals surface area contributed by atoms with E-state index in [1.165, 1.54) is 6.07 Å². The molecule has 0 amide bonds. The number of nitrogens with one attached hydrogen (secondary N) is 1. The minimum absolute atomic E-state index is 0.0107. The van der Waals surface area contributed by atoms with Gasteiger partial charge in [0.1, 0.15) is 17.3 Å². The Morgan fingerprint density at radius 2 is 2.00 bits per heavy atom. The van der Waals surface area contributed by atoms with Crippen molar-refractivity contribution in [2.75, 3.05) is 5.32 Å². The van der Waals surface area contributed by atoms with Crippen molar-refractivity contribution in [3.63, 3.8) is 0 Å². The molecule has 0 spiro atoms. The number of hydrogen-bond donors (Lipinski definition) is 2. The number of nitrogens with zero attached hydrogens (tertiary/aromatic N) is 1. The summed E-state index contributed by atoms with van der Waals surface area (Å²) < 4.78 is 5.50. The lowest BCUT2D eigenvalue weighted by Gasteiger charge is -2.14. The zero-order valence-electron chi connectivity index (χ0n) is 12.0. The number of carbonyl (C=O) groups is 1. The summed E-state index contributed by atoms with van der Waals surface area (Å²) in [4.78, 5) is 15.4. The van der Waals surface area contributed by atoms with Crippen molar-refractivity contribution < 1.29 is 14.3 Å². The van der Waals surface area contributed by atoms with Gasteiger partial charge in [-0.25, -0.2) is 9.78 Å². The average Bonchev–Trinajstić information content (AvgIpc) is 2.67. The van der Waals surface area contributed by atoms with Gasteiger partial charge in [-0.2, -0.15) is 0 Å². The molecule has 0 aliphatic carbocycles. The van der Waals surface area contributed by atoms with Gasteiger partial charge in [0.25, 0.3) is 0 Å². The van der Waals surface area contributed by atoms with Crippen LogP contribution in [0.25, 0.3) is 0 Å². The van der Waals surface area contributed by atoms with Gasteiger partial charge in [0, 0.05) is 11.3 Å². The van der Waals surface area contributed by atoms with Gasteiger partial charge in [0.05, 0.1) is 11.6 Å². The number of aromatic nitrogens is 1. The minimum atomic E-state index is -0.957. The van der Waals surface area contributed by atoms with Crippen LogP contribution in [0, 0.1) is 20.8 Å². The van der Waals surface area contributed by atoms with Crippen LogP contribution in [0.1, 0.15) is 46.1 Å². The molecule has 0 fully saturated rings. The van der Waals surface area contributed by atoms with Gasteiger partial charge in [-0.15, -0.1) is 0 Å². The lowest BCUT2D eigenvalue weighted by Crippen LogP contribution is -2.10. The van der Waals surface area contributed by atoms with E-state index in [1.54, 1.807) is 13.0 Å². The summed E-state index contributed by atoms with van der Waals surface area (Å²) in [6, 6.07) is 5.05. The van der Waals surface area contributed by atoms with E-state index in [1.807, 2.05) is 26.8 Å². The fourth-order valence-electron chi connectivity index (χ4n) is 2.25. The Morgan fingerprint density at radius 1 is 1.30 bits per heavy atom. The maximum Gasteiger partial charge on any atom is 0.335 e. The number of anilines is 1. The third-order valence-corrected chi connectivity index (χ3v) is 3.11. The number of aromatic carboxylic acids is 1. The zero-order valence-corrected chi connectivity index (χ0v) is 12.0. The largest absolute Gasteiger partial charge is 0.478 e. The Kier molecular flexibility index (Phi) is 3.79. The molecule has 0 saturated carbocycles. The Morgan fingerprint density at radius 3 is 2.55 bits per heavy atom. The van der Waals surface area contributed by atoms with E-state index in [-0.39, 0.29) is 11.6 Å². The average molecular weight is 274 g/mol. The summed E-state index contributed by atoms with van der Waals surface area (Å²) in [7, 11) is 0. The first-order valence-electron chi connectivity index (χ1n) is 6.42. The summed E-state index contributed by atoms with van der Waals surface area (Å²) >= 11 is 0. The lowest BCUT2D eigenvalue weighted by molar-refractivity contribution is 0.0696.